The third kappa shape index (κ3) is 8.70. The Morgan fingerprint density at radius 2 is 1.76 bits per heavy atom. The van der Waals surface area contributed by atoms with Crippen LogP contribution in [0.4, 0.5) is 0 Å². The molecule has 3 rings (SSSR count). The highest BCUT2D eigenvalue weighted by atomic mass is 35.5. The highest BCUT2D eigenvalue weighted by Crippen LogP contribution is 2.33. The standard InChI is InChI=1S/C31H36ClN3O6S/c1-21-20-33-16-15-27(21)25-8-4-7-24(19-25)23(3)35(42(40,41)29-10-5-9-28(32)22(29)2)18-6-11-30(37)34-17-14-26(36)12-13-31(38)39/h4-5,7-10,15-16,19-20,23H,6,11-14,17-18H2,1-3H3,(H,34,37)(H,38,39)/t23-/m0/s1. The van der Waals surface area contributed by atoms with Crippen LogP contribution in [0.25, 0.3) is 11.1 Å². The van der Waals surface area contributed by atoms with Gasteiger partial charge in [0.2, 0.25) is 15.9 Å². The van der Waals surface area contributed by atoms with Gasteiger partial charge in [0.25, 0.3) is 0 Å². The third-order valence-electron chi connectivity index (χ3n) is 7.06. The molecule has 0 spiro atoms. The first kappa shape index (κ1) is 32.9. The smallest absolute Gasteiger partial charge is 0.303 e. The van der Waals surface area contributed by atoms with Crippen LogP contribution < -0.4 is 5.32 Å². The van der Waals surface area contributed by atoms with Gasteiger partial charge in [-0.05, 0) is 79.3 Å². The van der Waals surface area contributed by atoms with Gasteiger partial charge in [0.1, 0.15) is 5.78 Å². The predicted octanol–water partition coefficient (Wildman–Crippen LogP) is 5.49. The van der Waals surface area contributed by atoms with Gasteiger partial charge < -0.3 is 10.4 Å². The minimum Gasteiger partial charge on any atom is -0.481 e. The summed E-state index contributed by atoms with van der Waals surface area (Å²) in [5, 5.41) is 11.7. The van der Waals surface area contributed by atoms with Crippen LogP contribution >= 0.6 is 11.6 Å². The molecule has 2 aromatic carbocycles. The molecule has 1 amide bonds. The Labute approximate surface area is 252 Å². The van der Waals surface area contributed by atoms with Gasteiger partial charge in [0, 0.05) is 55.8 Å². The number of ketones is 1. The zero-order valence-electron chi connectivity index (χ0n) is 24.0. The highest BCUT2D eigenvalue weighted by molar-refractivity contribution is 7.89. The van der Waals surface area contributed by atoms with Gasteiger partial charge in [0.05, 0.1) is 11.3 Å². The molecule has 1 heterocycles. The second-order valence-electron chi connectivity index (χ2n) is 10.1. The average Bonchev–Trinajstić information content (AvgIpc) is 2.95. The number of carbonyl (C=O) groups excluding carboxylic acids is 2. The number of carboxylic acid groups (broad SMARTS) is 1. The number of sulfonamides is 1. The first-order chi connectivity index (χ1) is 19.9. The van der Waals surface area contributed by atoms with Gasteiger partial charge in [-0.2, -0.15) is 4.31 Å². The highest BCUT2D eigenvalue weighted by Gasteiger charge is 2.31. The summed E-state index contributed by atoms with van der Waals surface area (Å²) < 4.78 is 29.5. The van der Waals surface area contributed by atoms with Crippen molar-refractivity contribution >= 4 is 39.3 Å². The summed E-state index contributed by atoms with van der Waals surface area (Å²) in [4.78, 5) is 39.1. The van der Waals surface area contributed by atoms with Crippen LogP contribution in [0.3, 0.4) is 0 Å². The predicted molar refractivity (Wildman–Crippen MR) is 162 cm³/mol. The fourth-order valence-electron chi connectivity index (χ4n) is 4.64. The monoisotopic (exact) mass is 613 g/mol. The molecule has 9 nitrogen and oxygen atoms in total. The normalized spacial score (nSPS) is 12.2. The summed E-state index contributed by atoms with van der Waals surface area (Å²) in [6.07, 6.45) is 3.50. The number of nitrogens with one attached hydrogen (secondary N) is 1. The van der Waals surface area contributed by atoms with Crippen LogP contribution in [-0.4, -0.2) is 53.6 Å². The van der Waals surface area contributed by atoms with E-state index >= 15 is 0 Å². The molecule has 42 heavy (non-hydrogen) atoms. The zero-order chi connectivity index (χ0) is 30.9. The lowest BCUT2D eigenvalue weighted by molar-refractivity contribution is -0.138. The number of halogens is 1. The topological polar surface area (TPSA) is 134 Å². The van der Waals surface area contributed by atoms with E-state index in [2.05, 4.69) is 10.3 Å². The Morgan fingerprint density at radius 3 is 2.48 bits per heavy atom. The minimum atomic E-state index is -4.01. The first-order valence-electron chi connectivity index (χ1n) is 13.7. The van der Waals surface area contributed by atoms with Crippen LogP contribution in [0.5, 0.6) is 0 Å². The van der Waals surface area contributed by atoms with E-state index in [1.54, 1.807) is 31.5 Å². The number of aromatic nitrogens is 1. The fourth-order valence-corrected chi connectivity index (χ4v) is 6.78. The van der Waals surface area contributed by atoms with E-state index < -0.39 is 22.0 Å². The first-order valence-corrected chi connectivity index (χ1v) is 15.5. The van der Waals surface area contributed by atoms with Crippen molar-refractivity contribution in [3.8, 4) is 11.1 Å². The molecule has 0 bridgehead atoms. The molecule has 0 saturated carbocycles. The van der Waals surface area contributed by atoms with Gasteiger partial charge in [-0.3, -0.25) is 19.4 Å². The summed E-state index contributed by atoms with van der Waals surface area (Å²) in [6, 6.07) is 13.8. The van der Waals surface area contributed by atoms with E-state index in [9.17, 15) is 22.8 Å². The molecule has 1 atom stereocenters. The fraction of sp³-hybridized carbons (Fsp3) is 0.355. The Balaban J connectivity index is 1.79. The number of amides is 1. The van der Waals surface area contributed by atoms with Crippen LogP contribution in [-0.2, 0) is 24.4 Å². The second-order valence-corrected chi connectivity index (χ2v) is 12.4. The molecule has 3 aromatic rings. The van der Waals surface area contributed by atoms with Crippen molar-refractivity contribution in [2.24, 2.45) is 0 Å². The van der Waals surface area contributed by atoms with Crippen LogP contribution in [0.15, 0.2) is 65.8 Å². The maximum Gasteiger partial charge on any atom is 0.303 e. The van der Waals surface area contributed by atoms with Crippen LogP contribution in [0, 0.1) is 13.8 Å². The van der Waals surface area contributed by atoms with Gasteiger partial charge in [-0.1, -0.05) is 35.9 Å². The summed E-state index contributed by atoms with van der Waals surface area (Å²) in [5.41, 5.74) is 4.17. The van der Waals surface area contributed by atoms with E-state index in [1.165, 1.54) is 10.4 Å². The number of carbonyl (C=O) groups is 3. The quantitative estimate of drug-likeness (QED) is 0.231. The lowest BCUT2D eigenvalue weighted by Crippen LogP contribution is -2.36. The van der Waals surface area contributed by atoms with E-state index in [0.29, 0.717) is 10.6 Å². The number of nitrogens with zero attached hydrogens (tertiary/aromatic N) is 2. The molecular formula is C31H36ClN3O6S. The maximum atomic E-state index is 14.0. The molecule has 0 fully saturated rings. The average molecular weight is 614 g/mol. The SMILES string of the molecule is Cc1cnccc1-c1cccc([C@H](C)N(CCCC(=O)NCCC(=O)CCC(=O)O)S(=O)(=O)c2cccc(Cl)c2C)c1. The molecule has 0 saturated heterocycles. The number of rotatable bonds is 15. The van der Waals surface area contributed by atoms with E-state index in [4.69, 9.17) is 16.7 Å². The molecule has 2 N–H and O–H groups in total. The van der Waals surface area contributed by atoms with E-state index in [1.807, 2.05) is 44.2 Å². The van der Waals surface area contributed by atoms with Crippen molar-refractivity contribution in [3.05, 3.63) is 82.6 Å². The van der Waals surface area contributed by atoms with Crippen molar-refractivity contribution in [2.45, 2.75) is 63.8 Å². The number of hydrogen-bond acceptors (Lipinski definition) is 6. The summed E-state index contributed by atoms with van der Waals surface area (Å²) in [7, 11) is -4.01. The molecule has 0 aliphatic heterocycles. The molecule has 0 radical (unpaired) electrons. The Morgan fingerprint density at radius 1 is 1.02 bits per heavy atom. The lowest BCUT2D eigenvalue weighted by Gasteiger charge is -2.30. The Kier molecular flexibility index (Phi) is 11.8. The maximum absolute atomic E-state index is 14.0. The molecule has 0 aliphatic carbocycles. The number of Topliss-reactive ketones (excluding diaryl/α,β-unsaturated/α-hetero) is 1. The third-order valence-corrected chi connectivity index (χ3v) is 9.59. The van der Waals surface area contributed by atoms with E-state index in [0.717, 1.165) is 22.3 Å². The van der Waals surface area contributed by atoms with Crippen LogP contribution in [0.1, 0.15) is 61.8 Å². The molecular weight excluding hydrogens is 578 g/mol. The lowest BCUT2D eigenvalue weighted by atomic mass is 9.98. The van der Waals surface area contributed by atoms with Gasteiger partial charge in [0.15, 0.2) is 0 Å². The Hall–Kier alpha value is -3.60. The minimum absolute atomic E-state index is 0.0396. The molecule has 224 valence electrons. The van der Waals surface area contributed by atoms with Crippen molar-refractivity contribution < 1.29 is 27.9 Å². The van der Waals surface area contributed by atoms with Crippen molar-refractivity contribution in [3.63, 3.8) is 0 Å². The number of pyridine rings is 1. The zero-order valence-corrected chi connectivity index (χ0v) is 25.5. The number of hydrogen-bond donors (Lipinski definition) is 2. The number of carboxylic acids is 1. The van der Waals surface area contributed by atoms with Crippen molar-refractivity contribution in [1.29, 1.82) is 0 Å². The summed E-state index contributed by atoms with van der Waals surface area (Å²) in [6.45, 7) is 5.61. The van der Waals surface area contributed by atoms with Crippen LogP contribution in [0.2, 0.25) is 5.02 Å². The van der Waals surface area contributed by atoms with Gasteiger partial charge >= 0.3 is 5.97 Å². The van der Waals surface area contributed by atoms with Gasteiger partial charge in [-0.25, -0.2) is 8.42 Å². The summed E-state index contributed by atoms with van der Waals surface area (Å²) in [5.74, 6) is -1.61. The molecule has 0 aliphatic rings. The largest absolute Gasteiger partial charge is 0.481 e. The van der Waals surface area contributed by atoms with E-state index in [-0.39, 0.29) is 61.8 Å². The van der Waals surface area contributed by atoms with Crippen molar-refractivity contribution in [1.82, 2.24) is 14.6 Å². The molecule has 1 aromatic heterocycles. The van der Waals surface area contributed by atoms with Crippen molar-refractivity contribution in [2.75, 3.05) is 13.1 Å². The number of aryl methyl sites for hydroxylation is 1. The summed E-state index contributed by atoms with van der Waals surface area (Å²) >= 11 is 6.28. The number of benzene rings is 2. The van der Waals surface area contributed by atoms with Gasteiger partial charge in [-0.15, -0.1) is 0 Å². The molecule has 11 heteroatoms. The molecule has 0 unspecified atom stereocenters. The number of aliphatic carboxylic acids is 1. The second kappa shape index (κ2) is 15.0. The Bertz CT molecular complexity index is 1540.